The van der Waals surface area contributed by atoms with Crippen LogP contribution in [0.4, 0.5) is 0 Å². The van der Waals surface area contributed by atoms with Crippen LogP contribution in [0, 0.1) is 0 Å². The highest BCUT2D eigenvalue weighted by atomic mass is 32.2. The molecule has 1 aliphatic heterocycles. The van der Waals surface area contributed by atoms with E-state index in [1.165, 1.54) is 12.8 Å². The molecule has 0 radical (unpaired) electrons. The van der Waals surface area contributed by atoms with Crippen LogP contribution >= 0.6 is 0 Å². The molecule has 1 aromatic rings. The van der Waals surface area contributed by atoms with Crippen molar-refractivity contribution in [1.29, 1.82) is 0 Å². The van der Waals surface area contributed by atoms with Crippen molar-refractivity contribution in [2.24, 2.45) is 0 Å². The molecule has 0 spiro atoms. The second-order valence-electron chi connectivity index (χ2n) is 5.38. The molecule has 1 unspecified atom stereocenters. The summed E-state index contributed by atoms with van der Waals surface area (Å²) in [6.07, 6.45) is 4.96. The van der Waals surface area contributed by atoms with Gasteiger partial charge in [-0.1, -0.05) is 36.8 Å². The van der Waals surface area contributed by atoms with Gasteiger partial charge in [-0.05, 0) is 37.8 Å². The predicted molar refractivity (Wildman–Crippen MR) is 82.2 cm³/mol. The van der Waals surface area contributed by atoms with Crippen molar-refractivity contribution in [1.82, 2.24) is 10.0 Å². The summed E-state index contributed by atoms with van der Waals surface area (Å²) in [6.45, 7) is 1.50. The Bertz CT molecular complexity index is 482. The molecule has 0 aromatic heterocycles. The van der Waals surface area contributed by atoms with Crippen molar-refractivity contribution in [2.45, 2.75) is 38.1 Å². The van der Waals surface area contributed by atoms with Crippen molar-refractivity contribution in [3.63, 3.8) is 0 Å². The highest BCUT2D eigenvalue weighted by Crippen LogP contribution is 2.10. The van der Waals surface area contributed by atoms with Crippen molar-refractivity contribution in [3.05, 3.63) is 35.9 Å². The SMILES string of the molecule is O=S(=O)(CCC1CCCCN1)NCCc1ccccc1. The first-order chi connectivity index (χ1) is 9.66. The zero-order valence-electron chi connectivity index (χ0n) is 11.8. The quantitative estimate of drug-likeness (QED) is 0.805. The van der Waals surface area contributed by atoms with Gasteiger partial charge < -0.3 is 5.32 Å². The zero-order chi connectivity index (χ0) is 14.3. The number of rotatable bonds is 7. The molecule has 1 aromatic carbocycles. The van der Waals surface area contributed by atoms with Crippen LogP contribution in [0.3, 0.4) is 0 Å². The molecule has 0 amide bonds. The zero-order valence-corrected chi connectivity index (χ0v) is 12.7. The van der Waals surface area contributed by atoms with Crippen LogP contribution < -0.4 is 10.0 Å². The van der Waals surface area contributed by atoms with Gasteiger partial charge in [-0.2, -0.15) is 0 Å². The highest BCUT2D eigenvalue weighted by molar-refractivity contribution is 7.89. The van der Waals surface area contributed by atoms with E-state index in [2.05, 4.69) is 10.0 Å². The number of nitrogens with one attached hydrogen (secondary N) is 2. The topological polar surface area (TPSA) is 58.2 Å². The van der Waals surface area contributed by atoms with E-state index < -0.39 is 10.0 Å². The first kappa shape index (κ1) is 15.5. The van der Waals surface area contributed by atoms with E-state index in [0.717, 1.165) is 24.9 Å². The number of hydrogen-bond donors (Lipinski definition) is 2. The van der Waals surface area contributed by atoms with Crippen molar-refractivity contribution in [3.8, 4) is 0 Å². The molecule has 0 aliphatic carbocycles. The van der Waals surface area contributed by atoms with Gasteiger partial charge in [0, 0.05) is 12.6 Å². The fourth-order valence-electron chi connectivity index (χ4n) is 2.54. The van der Waals surface area contributed by atoms with Crippen LogP contribution in [-0.2, 0) is 16.4 Å². The van der Waals surface area contributed by atoms with E-state index in [0.29, 0.717) is 19.0 Å². The van der Waals surface area contributed by atoms with Gasteiger partial charge in [-0.3, -0.25) is 0 Å². The fourth-order valence-corrected chi connectivity index (χ4v) is 3.69. The molecule has 1 heterocycles. The van der Waals surface area contributed by atoms with Gasteiger partial charge in [0.15, 0.2) is 0 Å². The normalized spacial score (nSPS) is 19.9. The molecule has 5 heteroatoms. The highest BCUT2D eigenvalue weighted by Gasteiger charge is 2.16. The number of sulfonamides is 1. The first-order valence-electron chi connectivity index (χ1n) is 7.40. The van der Waals surface area contributed by atoms with Crippen molar-refractivity contribution in [2.75, 3.05) is 18.8 Å². The third kappa shape index (κ3) is 5.61. The summed E-state index contributed by atoms with van der Waals surface area (Å²) in [5.41, 5.74) is 1.16. The Morgan fingerprint density at radius 1 is 1.20 bits per heavy atom. The second-order valence-corrected chi connectivity index (χ2v) is 7.31. The molecule has 0 bridgehead atoms. The van der Waals surface area contributed by atoms with Crippen molar-refractivity contribution >= 4 is 10.0 Å². The maximum absolute atomic E-state index is 11.9. The van der Waals surface area contributed by atoms with Gasteiger partial charge in [-0.15, -0.1) is 0 Å². The van der Waals surface area contributed by atoms with Crippen molar-refractivity contribution < 1.29 is 8.42 Å². The molecule has 112 valence electrons. The average Bonchev–Trinajstić information content (AvgIpc) is 2.47. The Morgan fingerprint density at radius 2 is 2.00 bits per heavy atom. The van der Waals surface area contributed by atoms with Gasteiger partial charge >= 0.3 is 0 Å². The summed E-state index contributed by atoms with van der Waals surface area (Å²) < 4.78 is 26.5. The monoisotopic (exact) mass is 296 g/mol. The molecule has 4 nitrogen and oxygen atoms in total. The number of piperidine rings is 1. The summed E-state index contributed by atoms with van der Waals surface area (Å²) in [7, 11) is -3.14. The van der Waals surface area contributed by atoms with E-state index in [1.807, 2.05) is 30.3 Å². The summed E-state index contributed by atoms with van der Waals surface area (Å²) in [5, 5.41) is 3.38. The largest absolute Gasteiger partial charge is 0.314 e. The molecular formula is C15H24N2O2S. The lowest BCUT2D eigenvalue weighted by molar-refractivity contribution is 0.392. The molecule has 1 saturated heterocycles. The number of benzene rings is 1. The maximum Gasteiger partial charge on any atom is 0.211 e. The smallest absolute Gasteiger partial charge is 0.211 e. The maximum atomic E-state index is 11.9. The molecule has 2 N–H and O–H groups in total. The minimum Gasteiger partial charge on any atom is -0.314 e. The summed E-state index contributed by atoms with van der Waals surface area (Å²) >= 11 is 0. The minimum atomic E-state index is -3.14. The molecule has 1 aliphatic rings. The molecule has 2 rings (SSSR count). The Hall–Kier alpha value is -0.910. The Morgan fingerprint density at radius 3 is 2.70 bits per heavy atom. The van der Waals surface area contributed by atoms with Crippen LogP contribution in [-0.4, -0.2) is 33.3 Å². The van der Waals surface area contributed by atoms with Crippen LogP contribution in [0.25, 0.3) is 0 Å². The van der Waals surface area contributed by atoms with E-state index in [-0.39, 0.29) is 5.75 Å². The third-order valence-electron chi connectivity index (χ3n) is 3.73. The Kier molecular flexibility index (Phi) is 6.01. The van der Waals surface area contributed by atoms with Crippen LogP contribution in [0.2, 0.25) is 0 Å². The lowest BCUT2D eigenvalue weighted by Crippen LogP contribution is -2.37. The third-order valence-corrected chi connectivity index (χ3v) is 5.14. The van der Waals surface area contributed by atoms with Gasteiger partial charge in [0.25, 0.3) is 0 Å². The number of hydrogen-bond acceptors (Lipinski definition) is 3. The summed E-state index contributed by atoms with van der Waals surface area (Å²) in [6, 6.07) is 10.3. The van der Waals surface area contributed by atoms with E-state index in [9.17, 15) is 8.42 Å². The molecule has 20 heavy (non-hydrogen) atoms. The lowest BCUT2D eigenvalue weighted by Gasteiger charge is -2.23. The summed E-state index contributed by atoms with van der Waals surface area (Å²) in [5.74, 6) is 0.222. The second kappa shape index (κ2) is 7.76. The van der Waals surface area contributed by atoms with E-state index in [1.54, 1.807) is 0 Å². The lowest BCUT2D eigenvalue weighted by atomic mass is 10.0. The van der Waals surface area contributed by atoms with E-state index >= 15 is 0 Å². The summed E-state index contributed by atoms with van der Waals surface area (Å²) in [4.78, 5) is 0. The molecule has 1 fully saturated rings. The van der Waals surface area contributed by atoms with Gasteiger partial charge in [0.2, 0.25) is 10.0 Å². The first-order valence-corrected chi connectivity index (χ1v) is 9.05. The fraction of sp³-hybridized carbons (Fsp3) is 0.600. The molecular weight excluding hydrogens is 272 g/mol. The molecule has 1 atom stereocenters. The van der Waals surface area contributed by atoms with Gasteiger partial charge in [0.05, 0.1) is 5.75 Å². The molecule has 0 saturated carbocycles. The van der Waals surface area contributed by atoms with Gasteiger partial charge in [0.1, 0.15) is 0 Å². The Labute approximate surface area is 122 Å². The van der Waals surface area contributed by atoms with E-state index in [4.69, 9.17) is 0 Å². The van der Waals surface area contributed by atoms with Gasteiger partial charge in [-0.25, -0.2) is 13.1 Å². The van der Waals surface area contributed by atoms with Crippen LogP contribution in [0.15, 0.2) is 30.3 Å². The van der Waals surface area contributed by atoms with Crippen LogP contribution in [0.5, 0.6) is 0 Å². The Balaban J connectivity index is 1.68. The standard InChI is InChI=1S/C15H24N2O2S/c18-20(19,13-10-15-8-4-5-11-16-15)17-12-9-14-6-2-1-3-7-14/h1-3,6-7,15-17H,4-5,8-13H2. The van der Waals surface area contributed by atoms with Crippen LogP contribution in [0.1, 0.15) is 31.2 Å². The average molecular weight is 296 g/mol. The predicted octanol–water partition coefficient (Wildman–Crippen LogP) is 1.68. The minimum absolute atomic E-state index is 0.222.